The van der Waals surface area contributed by atoms with Crippen LogP contribution in [0.4, 0.5) is 0 Å². The summed E-state index contributed by atoms with van der Waals surface area (Å²) in [5.74, 6) is -1.59. The van der Waals surface area contributed by atoms with Gasteiger partial charge in [-0.3, -0.25) is 18.7 Å². The maximum Gasteiger partial charge on any atom is 0.304 e. The van der Waals surface area contributed by atoms with Crippen molar-refractivity contribution in [1.29, 1.82) is 0 Å². The molecular weight excluding hydrogens is 583 g/mol. The van der Waals surface area contributed by atoms with Gasteiger partial charge in [0.1, 0.15) is 0 Å². The van der Waals surface area contributed by atoms with Gasteiger partial charge in [0, 0.05) is 35.1 Å². The molecule has 7 nitrogen and oxygen atoms in total. The first-order valence-electron chi connectivity index (χ1n) is 13.6. The predicted molar refractivity (Wildman–Crippen MR) is 162 cm³/mol. The number of amides is 1. The van der Waals surface area contributed by atoms with Gasteiger partial charge in [0.15, 0.2) is 0 Å². The first-order chi connectivity index (χ1) is 19.4. The van der Waals surface area contributed by atoms with E-state index in [0.717, 1.165) is 16.7 Å². The highest BCUT2D eigenvalue weighted by molar-refractivity contribution is 8.22. The molecule has 3 N–H and O–H groups in total. The Kier molecular flexibility index (Phi) is 8.45. The van der Waals surface area contributed by atoms with E-state index < -0.39 is 34.2 Å². The van der Waals surface area contributed by atoms with Gasteiger partial charge in [0.2, 0.25) is 5.91 Å². The molecule has 1 amide bonds. The normalized spacial score (nSPS) is 25.5. The number of carboxylic acids is 1. The Morgan fingerprint density at radius 2 is 1.73 bits per heavy atom. The zero-order valence-electron chi connectivity index (χ0n) is 22.9. The summed E-state index contributed by atoms with van der Waals surface area (Å²) in [7, 11) is -3.25. The van der Waals surface area contributed by atoms with E-state index in [1.54, 1.807) is 46.5 Å². The smallest absolute Gasteiger partial charge is 0.304 e. The number of rotatable bonds is 8. The molecular formula is C31H34Cl2N2O5S. The third-order valence-corrected chi connectivity index (χ3v) is 10.9. The maximum atomic E-state index is 14.5. The molecule has 1 saturated heterocycles. The third-order valence-electron chi connectivity index (χ3n) is 8.39. The molecule has 2 heterocycles. The number of hydrogen-bond acceptors (Lipinski definition) is 5. The van der Waals surface area contributed by atoms with Crippen molar-refractivity contribution in [2.24, 2.45) is 5.41 Å². The highest BCUT2D eigenvalue weighted by Gasteiger charge is 2.53. The highest BCUT2D eigenvalue weighted by Crippen LogP contribution is 2.59. The van der Waals surface area contributed by atoms with Crippen molar-refractivity contribution in [3.63, 3.8) is 0 Å². The van der Waals surface area contributed by atoms with Crippen LogP contribution >= 0.6 is 34.0 Å². The second-order valence-corrected chi connectivity index (χ2v) is 14.1. The fraction of sp³-hybridized carbons (Fsp3) is 0.355. The Balaban J connectivity index is 1.63. The third kappa shape index (κ3) is 5.74. The summed E-state index contributed by atoms with van der Waals surface area (Å²) in [5.41, 5.74) is 1.42. The number of benzene rings is 3. The van der Waals surface area contributed by atoms with Gasteiger partial charge in [-0.05, 0) is 59.9 Å². The molecule has 0 aromatic heterocycles. The number of likely N-dealkylation sites (tertiary alicyclic amines) is 1. The minimum atomic E-state index is -3.25. The van der Waals surface area contributed by atoms with Crippen LogP contribution < -0.4 is 0 Å². The van der Waals surface area contributed by atoms with Crippen LogP contribution in [-0.2, 0) is 16.1 Å². The number of piperidine rings is 1. The zero-order valence-corrected chi connectivity index (χ0v) is 25.2. The van der Waals surface area contributed by atoms with Crippen molar-refractivity contribution < 1.29 is 23.8 Å². The van der Waals surface area contributed by atoms with Crippen molar-refractivity contribution in [3.8, 4) is 0 Å². The lowest BCUT2D eigenvalue weighted by atomic mass is 9.67. The fourth-order valence-electron chi connectivity index (χ4n) is 6.42. The number of aliphatic carboxylic acids is 1. The van der Waals surface area contributed by atoms with Crippen molar-refractivity contribution in [2.75, 3.05) is 6.54 Å². The SMILES string of the molecule is CCC(CN1Cc2ccccc2S1(O)O)N1C(=O)[C@@](C)(CC(=O)O)C[C@H](c2cccc(Cl)c2)[C@H]1c1ccc(Cl)cc1. The molecule has 0 aliphatic carbocycles. The lowest BCUT2D eigenvalue weighted by Gasteiger charge is -2.53. The maximum absolute atomic E-state index is 14.5. The van der Waals surface area contributed by atoms with Crippen molar-refractivity contribution in [1.82, 2.24) is 9.21 Å². The standard InChI is InChI=1S/C31H34Cl2N2O5S/c1-3-25(19-34-18-22-7-4-5-10-27(22)41(34,39)40)35-29(20-11-13-23(32)14-12-20)26(21-8-6-9-24(33)15-21)16-31(2,30(35)38)17-28(36)37/h4-15,25-26,29,39-40H,3,16-19H2,1-2H3,(H,36,37)/t25?,26-,29-,31-/m1/s1. The summed E-state index contributed by atoms with van der Waals surface area (Å²) in [5, 5.41) is 11.0. The van der Waals surface area contributed by atoms with Gasteiger partial charge in [-0.15, -0.1) is 10.8 Å². The van der Waals surface area contributed by atoms with E-state index in [1.807, 2.05) is 49.4 Å². The van der Waals surface area contributed by atoms with Crippen LogP contribution in [0.3, 0.4) is 0 Å². The highest BCUT2D eigenvalue weighted by atomic mass is 35.5. The van der Waals surface area contributed by atoms with E-state index in [-0.39, 0.29) is 24.8 Å². The summed E-state index contributed by atoms with van der Waals surface area (Å²) in [6.45, 7) is 4.23. The molecule has 4 atom stereocenters. The number of carbonyl (C=O) groups is 2. The van der Waals surface area contributed by atoms with Gasteiger partial charge in [-0.1, -0.05) is 79.5 Å². The number of halogens is 2. The number of carboxylic acid groups (broad SMARTS) is 1. The largest absolute Gasteiger partial charge is 0.481 e. The molecule has 1 fully saturated rings. The molecule has 218 valence electrons. The molecule has 0 spiro atoms. The van der Waals surface area contributed by atoms with Crippen LogP contribution in [0.25, 0.3) is 0 Å². The molecule has 0 radical (unpaired) electrons. The number of nitrogens with zero attached hydrogens (tertiary/aromatic N) is 2. The Bertz CT molecular complexity index is 1450. The topological polar surface area (TPSA) is 101 Å². The van der Waals surface area contributed by atoms with Crippen molar-refractivity contribution >= 4 is 45.9 Å². The van der Waals surface area contributed by atoms with E-state index in [4.69, 9.17) is 23.2 Å². The predicted octanol–water partition coefficient (Wildman–Crippen LogP) is 7.85. The van der Waals surface area contributed by atoms with E-state index >= 15 is 0 Å². The summed E-state index contributed by atoms with van der Waals surface area (Å²) in [4.78, 5) is 28.9. The average Bonchev–Trinajstić information content (AvgIpc) is 3.18. The van der Waals surface area contributed by atoms with E-state index in [9.17, 15) is 23.8 Å². The van der Waals surface area contributed by atoms with Crippen LogP contribution in [0.2, 0.25) is 10.0 Å². The fourth-order valence-corrected chi connectivity index (χ4v) is 8.47. The Hall–Kier alpha value is -2.59. The van der Waals surface area contributed by atoms with Gasteiger partial charge in [-0.25, -0.2) is 0 Å². The summed E-state index contributed by atoms with van der Waals surface area (Å²) in [6, 6.07) is 21.2. The van der Waals surface area contributed by atoms with Crippen molar-refractivity contribution in [3.05, 3.63) is 99.5 Å². The summed E-state index contributed by atoms with van der Waals surface area (Å²) >= 11 is 12.7. The van der Waals surface area contributed by atoms with Crippen LogP contribution in [0.1, 0.15) is 61.8 Å². The van der Waals surface area contributed by atoms with Crippen LogP contribution in [0.5, 0.6) is 0 Å². The van der Waals surface area contributed by atoms with E-state index in [1.165, 1.54) is 0 Å². The second kappa shape index (κ2) is 11.6. The molecule has 3 aromatic rings. The monoisotopic (exact) mass is 616 g/mol. The first-order valence-corrected chi connectivity index (χ1v) is 15.9. The molecule has 41 heavy (non-hydrogen) atoms. The second-order valence-electron chi connectivity index (χ2n) is 11.2. The summed E-state index contributed by atoms with van der Waals surface area (Å²) < 4.78 is 24.2. The number of fused-ring (bicyclic) bond motifs is 1. The molecule has 10 heteroatoms. The van der Waals surface area contributed by atoms with Gasteiger partial charge in [-0.2, -0.15) is 4.31 Å². The van der Waals surface area contributed by atoms with Crippen molar-refractivity contribution in [2.45, 2.75) is 62.6 Å². The Morgan fingerprint density at radius 1 is 1.02 bits per heavy atom. The van der Waals surface area contributed by atoms with Crippen LogP contribution in [0, 0.1) is 5.41 Å². The quantitative estimate of drug-likeness (QED) is 0.238. The zero-order chi connectivity index (χ0) is 29.5. The van der Waals surface area contributed by atoms with Gasteiger partial charge >= 0.3 is 5.97 Å². The first kappa shape index (κ1) is 29.9. The lowest BCUT2D eigenvalue weighted by molar-refractivity contribution is -0.160. The molecule has 2 aliphatic rings. The lowest BCUT2D eigenvalue weighted by Crippen LogP contribution is -2.58. The van der Waals surface area contributed by atoms with E-state index in [0.29, 0.717) is 34.3 Å². The van der Waals surface area contributed by atoms with E-state index in [2.05, 4.69) is 0 Å². The molecule has 0 bridgehead atoms. The average molecular weight is 618 g/mol. The number of carbonyl (C=O) groups excluding carboxylic acids is 1. The van der Waals surface area contributed by atoms with Gasteiger partial charge < -0.3 is 10.0 Å². The minimum absolute atomic E-state index is 0.203. The molecule has 1 unspecified atom stereocenters. The molecule has 2 aliphatic heterocycles. The number of hydrogen-bond donors (Lipinski definition) is 3. The van der Waals surface area contributed by atoms with Gasteiger partial charge in [0.25, 0.3) is 0 Å². The molecule has 3 aromatic carbocycles. The minimum Gasteiger partial charge on any atom is -0.481 e. The van der Waals surface area contributed by atoms with Crippen LogP contribution in [0.15, 0.2) is 77.7 Å². The molecule has 5 rings (SSSR count). The Morgan fingerprint density at radius 3 is 2.37 bits per heavy atom. The summed E-state index contributed by atoms with van der Waals surface area (Å²) in [6.07, 6.45) is 0.500. The molecule has 0 saturated carbocycles. The van der Waals surface area contributed by atoms with Gasteiger partial charge in [0.05, 0.1) is 22.8 Å². The van der Waals surface area contributed by atoms with Crippen LogP contribution in [-0.4, -0.2) is 47.9 Å². The Labute approximate surface area is 252 Å².